The van der Waals surface area contributed by atoms with Crippen molar-refractivity contribution in [1.29, 1.82) is 0 Å². The molecule has 1 heterocycles. The predicted octanol–water partition coefficient (Wildman–Crippen LogP) is 2.13. The van der Waals surface area contributed by atoms with Gasteiger partial charge in [-0.05, 0) is 23.6 Å². The Morgan fingerprint density at radius 3 is 2.55 bits per heavy atom. The summed E-state index contributed by atoms with van der Waals surface area (Å²) in [7, 11) is 3.06. The van der Waals surface area contributed by atoms with Gasteiger partial charge in [0, 0.05) is 11.8 Å². The van der Waals surface area contributed by atoms with Gasteiger partial charge in [0.1, 0.15) is 0 Å². The maximum atomic E-state index is 11.8. The molecule has 7 heteroatoms. The number of anilines is 1. The van der Waals surface area contributed by atoms with Gasteiger partial charge in [-0.25, -0.2) is 0 Å². The lowest BCUT2D eigenvalue weighted by molar-refractivity contribution is -0.115. The van der Waals surface area contributed by atoms with Crippen molar-refractivity contribution in [1.82, 2.24) is 5.32 Å². The summed E-state index contributed by atoms with van der Waals surface area (Å²) in [6, 6.07) is 8.52. The van der Waals surface area contributed by atoms with Crippen molar-refractivity contribution < 1.29 is 19.1 Å². The number of hydrogen-bond donors (Lipinski definition) is 2. The number of carbonyl (C=O) groups is 2. The van der Waals surface area contributed by atoms with E-state index in [1.807, 2.05) is 0 Å². The molecule has 2 rings (SSSR count). The van der Waals surface area contributed by atoms with E-state index in [0.717, 1.165) is 0 Å². The van der Waals surface area contributed by atoms with Crippen molar-refractivity contribution in [2.24, 2.45) is 0 Å². The third-order valence-corrected chi connectivity index (χ3v) is 3.69. The fourth-order valence-electron chi connectivity index (χ4n) is 1.77. The van der Waals surface area contributed by atoms with Gasteiger partial charge in [-0.2, -0.15) is 0 Å². The summed E-state index contributed by atoms with van der Waals surface area (Å²) in [4.78, 5) is 24.1. The molecule has 0 aliphatic carbocycles. The fourth-order valence-corrected chi connectivity index (χ4v) is 2.41. The van der Waals surface area contributed by atoms with Crippen LogP contribution in [-0.2, 0) is 4.79 Å². The first kappa shape index (κ1) is 15.8. The van der Waals surface area contributed by atoms with Crippen LogP contribution in [0.4, 0.5) is 5.69 Å². The average molecular weight is 320 g/mol. The average Bonchev–Trinajstić information content (AvgIpc) is 3.07. The summed E-state index contributed by atoms with van der Waals surface area (Å²) < 4.78 is 10.3. The molecule has 0 unspecified atom stereocenters. The third kappa shape index (κ3) is 3.98. The monoisotopic (exact) mass is 320 g/mol. The van der Waals surface area contributed by atoms with Gasteiger partial charge in [0.15, 0.2) is 11.5 Å². The first-order chi connectivity index (χ1) is 10.6. The minimum absolute atomic E-state index is 0.106. The molecule has 116 valence electrons. The lowest BCUT2D eigenvalue weighted by Crippen LogP contribution is -2.32. The van der Waals surface area contributed by atoms with Crippen LogP contribution in [-0.4, -0.2) is 32.6 Å². The van der Waals surface area contributed by atoms with Crippen LogP contribution in [0, 0.1) is 0 Å². The minimum atomic E-state index is -0.322. The molecule has 1 aromatic carbocycles. The predicted molar refractivity (Wildman–Crippen MR) is 84.8 cm³/mol. The lowest BCUT2D eigenvalue weighted by atomic mass is 10.2. The Kier molecular flexibility index (Phi) is 5.37. The standard InChI is InChI=1S/C15H16N2O4S/c1-20-11-6-5-10(8-12(11)21-2)17-14(18)9-16-15(19)13-4-3-7-22-13/h3-8H,9H2,1-2H3,(H,16,19)(H,17,18). The second-order valence-corrected chi connectivity index (χ2v) is 5.23. The van der Waals surface area contributed by atoms with Crippen LogP contribution < -0.4 is 20.1 Å². The molecule has 6 nitrogen and oxygen atoms in total. The van der Waals surface area contributed by atoms with Crippen LogP contribution in [0.25, 0.3) is 0 Å². The molecule has 0 saturated carbocycles. The van der Waals surface area contributed by atoms with Gasteiger partial charge < -0.3 is 20.1 Å². The van der Waals surface area contributed by atoms with Gasteiger partial charge >= 0.3 is 0 Å². The van der Waals surface area contributed by atoms with Gasteiger partial charge in [0.05, 0.1) is 25.6 Å². The van der Waals surface area contributed by atoms with Crippen LogP contribution in [0.1, 0.15) is 9.67 Å². The zero-order valence-electron chi connectivity index (χ0n) is 12.2. The van der Waals surface area contributed by atoms with E-state index in [0.29, 0.717) is 22.1 Å². The lowest BCUT2D eigenvalue weighted by Gasteiger charge is -2.10. The van der Waals surface area contributed by atoms with E-state index >= 15 is 0 Å². The number of methoxy groups -OCH3 is 2. The smallest absolute Gasteiger partial charge is 0.261 e. The van der Waals surface area contributed by atoms with Crippen molar-refractivity contribution in [3.8, 4) is 11.5 Å². The number of nitrogens with one attached hydrogen (secondary N) is 2. The second-order valence-electron chi connectivity index (χ2n) is 4.28. The van der Waals surface area contributed by atoms with Crippen molar-refractivity contribution in [2.45, 2.75) is 0 Å². The Balaban J connectivity index is 1.90. The van der Waals surface area contributed by atoms with Gasteiger partial charge in [-0.3, -0.25) is 9.59 Å². The molecule has 2 amide bonds. The summed E-state index contributed by atoms with van der Waals surface area (Å²) in [6.07, 6.45) is 0. The van der Waals surface area contributed by atoms with E-state index in [-0.39, 0.29) is 18.4 Å². The van der Waals surface area contributed by atoms with Gasteiger partial charge in [-0.1, -0.05) is 6.07 Å². The highest BCUT2D eigenvalue weighted by Gasteiger charge is 2.10. The first-order valence-electron chi connectivity index (χ1n) is 6.47. The maximum Gasteiger partial charge on any atom is 0.261 e. The molecule has 2 N–H and O–H groups in total. The molecule has 0 saturated heterocycles. The number of carbonyl (C=O) groups excluding carboxylic acids is 2. The molecule has 2 aromatic rings. The molecule has 0 spiro atoms. The molecule has 22 heavy (non-hydrogen) atoms. The molecule has 0 aliphatic rings. The first-order valence-corrected chi connectivity index (χ1v) is 7.35. The highest BCUT2D eigenvalue weighted by atomic mass is 32.1. The molecule has 0 fully saturated rings. The second kappa shape index (κ2) is 7.46. The van der Waals surface area contributed by atoms with E-state index in [1.165, 1.54) is 25.6 Å². The van der Waals surface area contributed by atoms with Crippen molar-refractivity contribution >= 4 is 28.8 Å². The quantitative estimate of drug-likeness (QED) is 0.855. The fraction of sp³-hybridized carbons (Fsp3) is 0.200. The van der Waals surface area contributed by atoms with E-state index in [9.17, 15) is 9.59 Å². The molecule has 0 atom stereocenters. The largest absolute Gasteiger partial charge is 0.493 e. The zero-order valence-corrected chi connectivity index (χ0v) is 13.0. The van der Waals surface area contributed by atoms with E-state index < -0.39 is 0 Å². The van der Waals surface area contributed by atoms with Gasteiger partial charge in [0.25, 0.3) is 5.91 Å². The minimum Gasteiger partial charge on any atom is -0.493 e. The van der Waals surface area contributed by atoms with Crippen molar-refractivity contribution in [3.63, 3.8) is 0 Å². The Morgan fingerprint density at radius 2 is 1.91 bits per heavy atom. The Labute approximate surface area is 132 Å². The number of amides is 2. The van der Waals surface area contributed by atoms with Crippen LogP contribution >= 0.6 is 11.3 Å². The SMILES string of the molecule is COc1ccc(NC(=O)CNC(=O)c2cccs2)cc1OC. The van der Waals surface area contributed by atoms with Crippen LogP contribution in [0.2, 0.25) is 0 Å². The van der Waals surface area contributed by atoms with Gasteiger partial charge in [0.2, 0.25) is 5.91 Å². The van der Waals surface area contributed by atoms with Crippen molar-refractivity contribution in [3.05, 3.63) is 40.6 Å². The molecule has 0 aliphatic heterocycles. The molecular formula is C15H16N2O4S. The Bertz CT molecular complexity index is 656. The topological polar surface area (TPSA) is 76.7 Å². The molecule has 0 radical (unpaired) electrons. The van der Waals surface area contributed by atoms with E-state index in [2.05, 4.69) is 10.6 Å². The number of hydrogen-bond acceptors (Lipinski definition) is 5. The number of ether oxygens (including phenoxy) is 2. The summed E-state index contributed by atoms with van der Waals surface area (Å²) in [5.41, 5.74) is 0.563. The highest BCUT2D eigenvalue weighted by molar-refractivity contribution is 7.12. The molecule has 0 bridgehead atoms. The summed E-state index contributed by atoms with van der Waals surface area (Å²) in [5.74, 6) is 0.504. The van der Waals surface area contributed by atoms with E-state index in [1.54, 1.807) is 35.7 Å². The summed E-state index contributed by atoms with van der Waals surface area (Å²) in [6.45, 7) is -0.106. The summed E-state index contributed by atoms with van der Waals surface area (Å²) in [5, 5.41) is 7.05. The van der Waals surface area contributed by atoms with Crippen molar-refractivity contribution in [2.75, 3.05) is 26.1 Å². The number of rotatable bonds is 6. The number of thiophene rings is 1. The van der Waals surface area contributed by atoms with Crippen LogP contribution in [0.3, 0.4) is 0 Å². The highest BCUT2D eigenvalue weighted by Crippen LogP contribution is 2.29. The van der Waals surface area contributed by atoms with Crippen LogP contribution in [0.15, 0.2) is 35.7 Å². The maximum absolute atomic E-state index is 11.8. The Morgan fingerprint density at radius 1 is 1.14 bits per heavy atom. The van der Waals surface area contributed by atoms with Crippen LogP contribution in [0.5, 0.6) is 11.5 Å². The third-order valence-electron chi connectivity index (χ3n) is 2.82. The van der Waals surface area contributed by atoms with Gasteiger partial charge in [-0.15, -0.1) is 11.3 Å². The number of benzene rings is 1. The Hall–Kier alpha value is -2.54. The molecule has 1 aromatic heterocycles. The molecular weight excluding hydrogens is 304 g/mol. The summed E-state index contributed by atoms with van der Waals surface area (Å²) >= 11 is 1.32. The normalized spacial score (nSPS) is 9.91. The zero-order chi connectivity index (χ0) is 15.9. The van der Waals surface area contributed by atoms with E-state index in [4.69, 9.17) is 9.47 Å².